The lowest BCUT2D eigenvalue weighted by molar-refractivity contribution is -0.131. The number of unbranched alkanes of at least 4 members (excludes halogenated alkanes) is 47. The van der Waals surface area contributed by atoms with E-state index < -0.39 is 24.2 Å². The minimum atomic E-state index is -1.10. The molecule has 0 aromatic heterocycles. The molecule has 398 valence electrons. The second kappa shape index (κ2) is 57.4. The predicted octanol–water partition coefficient (Wildman–Crippen LogP) is 19.2. The van der Waals surface area contributed by atoms with E-state index in [0.717, 1.165) is 32.1 Å². The van der Waals surface area contributed by atoms with Crippen molar-refractivity contribution >= 4 is 5.91 Å². The van der Waals surface area contributed by atoms with E-state index in [0.29, 0.717) is 6.42 Å². The maximum Gasteiger partial charge on any atom is 0.249 e. The van der Waals surface area contributed by atoms with Gasteiger partial charge in [-0.2, -0.15) is 0 Å². The topological polar surface area (TPSA) is 89.8 Å². The summed E-state index contributed by atoms with van der Waals surface area (Å²) < 4.78 is 0. The lowest BCUT2D eigenvalue weighted by Crippen LogP contribution is -2.48. The fourth-order valence-electron chi connectivity index (χ4n) is 9.77. The Balaban J connectivity index is 3.45. The number of hydrogen-bond acceptors (Lipinski definition) is 4. The van der Waals surface area contributed by atoms with E-state index in [1.807, 2.05) is 6.08 Å². The van der Waals surface area contributed by atoms with Gasteiger partial charge in [0.05, 0.1) is 18.8 Å². The van der Waals surface area contributed by atoms with Gasteiger partial charge in [0, 0.05) is 0 Å². The van der Waals surface area contributed by atoms with Crippen LogP contribution in [0.1, 0.15) is 341 Å². The van der Waals surface area contributed by atoms with Crippen molar-refractivity contribution in [3.8, 4) is 0 Å². The molecule has 5 nitrogen and oxygen atoms in total. The number of aliphatic hydroxyl groups excluding tert-OH is 3. The van der Waals surface area contributed by atoms with Crippen LogP contribution in [0.4, 0.5) is 0 Å². The van der Waals surface area contributed by atoms with Gasteiger partial charge in [0.25, 0.3) is 0 Å². The van der Waals surface area contributed by atoms with Crippen molar-refractivity contribution in [3.63, 3.8) is 0 Å². The quantitative estimate of drug-likeness (QED) is 0.0361. The molecule has 5 heteroatoms. The Kier molecular flexibility index (Phi) is 56.4. The Labute approximate surface area is 420 Å². The number of nitrogens with one attached hydrogen (secondary N) is 1. The first-order valence-corrected chi connectivity index (χ1v) is 30.7. The molecule has 0 aliphatic rings. The monoisotopic (exact) mass is 944 g/mol. The normalized spacial score (nSPS) is 13.3. The fraction of sp³-hybridized carbons (Fsp3) is 0.919. The summed E-state index contributed by atoms with van der Waals surface area (Å²) in [5, 5.41) is 33.3. The molecule has 1 amide bonds. The van der Waals surface area contributed by atoms with Gasteiger partial charge in [0.2, 0.25) is 5.91 Å². The van der Waals surface area contributed by atoms with Crippen LogP contribution in [0.5, 0.6) is 0 Å². The van der Waals surface area contributed by atoms with Crippen LogP contribution in [0, 0.1) is 0 Å². The van der Waals surface area contributed by atoms with Crippen molar-refractivity contribution in [1.82, 2.24) is 5.32 Å². The van der Waals surface area contributed by atoms with Crippen LogP contribution in [0.25, 0.3) is 0 Å². The maximum absolute atomic E-state index is 12.5. The van der Waals surface area contributed by atoms with Gasteiger partial charge in [0.1, 0.15) is 6.10 Å². The molecule has 0 fully saturated rings. The van der Waals surface area contributed by atoms with E-state index in [-0.39, 0.29) is 6.61 Å². The highest BCUT2D eigenvalue weighted by molar-refractivity contribution is 5.80. The Morgan fingerprint density at radius 1 is 0.358 bits per heavy atom. The molecule has 0 bridgehead atoms. The third-order valence-electron chi connectivity index (χ3n) is 14.5. The van der Waals surface area contributed by atoms with Crippen molar-refractivity contribution in [2.24, 2.45) is 0 Å². The number of carbonyl (C=O) groups is 1. The van der Waals surface area contributed by atoms with Gasteiger partial charge in [0.15, 0.2) is 0 Å². The third-order valence-corrected chi connectivity index (χ3v) is 14.5. The number of aliphatic hydroxyl groups is 3. The Hall–Kier alpha value is -1.17. The van der Waals surface area contributed by atoms with Crippen molar-refractivity contribution < 1.29 is 20.1 Å². The molecule has 0 aliphatic heterocycles. The standard InChI is InChI=1S/C62H121NO4/c1-3-5-7-9-11-13-15-17-19-20-21-22-23-24-25-26-27-28-29-30-31-32-33-34-35-36-37-38-39-40-41-43-45-47-49-51-53-55-57-61(66)62(67)63-59(58-64)60(65)56-54-52-50-48-46-44-42-18-16-14-12-10-8-6-4-2/h30-31,54,56,59-61,64-66H,3-29,32-53,55,57-58H2,1-2H3,(H,63,67)/b31-30-,56-54+. The lowest BCUT2D eigenvalue weighted by atomic mass is 10.0. The predicted molar refractivity (Wildman–Crippen MR) is 296 cm³/mol. The van der Waals surface area contributed by atoms with Gasteiger partial charge >= 0.3 is 0 Å². The summed E-state index contributed by atoms with van der Waals surface area (Å²) in [6.45, 7) is 4.21. The van der Waals surface area contributed by atoms with Crippen molar-refractivity contribution in [2.75, 3.05) is 6.61 Å². The summed E-state index contributed by atoms with van der Waals surface area (Å²) in [6.07, 6.45) is 74.4. The van der Waals surface area contributed by atoms with Crippen molar-refractivity contribution in [1.29, 1.82) is 0 Å². The zero-order valence-electron chi connectivity index (χ0n) is 45.6. The number of rotatable bonds is 57. The number of amides is 1. The van der Waals surface area contributed by atoms with Gasteiger partial charge in [-0.15, -0.1) is 0 Å². The second-order valence-corrected chi connectivity index (χ2v) is 21.3. The van der Waals surface area contributed by atoms with E-state index in [1.165, 1.54) is 289 Å². The average Bonchev–Trinajstić information content (AvgIpc) is 3.33. The van der Waals surface area contributed by atoms with E-state index in [9.17, 15) is 20.1 Å². The molecule has 3 unspecified atom stereocenters. The average molecular weight is 945 g/mol. The van der Waals surface area contributed by atoms with Gasteiger partial charge < -0.3 is 20.6 Å². The summed E-state index contributed by atoms with van der Waals surface area (Å²) in [7, 11) is 0. The van der Waals surface area contributed by atoms with Crippen LogP contribution >= 0.6 is 0 Å². The molecular weight excluding hydrogens is 823 g/mol. The summed E-state index contributed by atoms with van der Waals surface area (Å²) in [5.74, 6) is -0.498. The molecule has 0 heterocycles. The minimum absolute atomic E-state index is 0.360. The van der Waals surface area contributed by atoms with Crippen LogP contribution < -0.4 is 5.32 Å². The van der Waals surface area contributed by atoms with Gasteiger partial charge in [-0.3, -0.25) is 4.79 Å². The highest BCUT2D eigenvalue weighted by Gasteiger charge is 2.22. The van der Waals surface area contributed by atoms with Crippen molar-refractivity contribution in [3.05, 3.63) is 24.3 Å². The highest BCUT2D eigenvalue weighted by Crippen LogP contribution is 2.18. The molecule has 3 atom stereocenters. The molecule has 4 N–H and O–H groups in total. The molecule has 0 aromatic rings. The van der Waals surface area contributed by atoms with Gasteiger partial charge in [-0.25, -0.2) is 0 Å². The van der Waals surface area contributed by atoms with E-state index in [2.05, 4.69) is 31.3 Å². The molecular formula is C62H121NO4. The van der Waals surface area contributed by atoms with E-state index >= 15 is 0 Å². The minimum Gasteiger partial charge on any atom is -0.394 e. The molecule has 0 saturated heterocycles. The Morgan fingerprint density at radius 3 is 0.866 bits per heavy atom. The van der Waals surface area contributed by atoms with E-state index in [1.54, 1.807) is 6.08 Å². The largest absolute Gasteiger partial charge is 0.394 e. The van der Waals surface area contributed by atoms with Crippen LogP contribution in [-0.2, 0) is 4.79 Å². The summed E-state index contributed by atoms with van der Waals surface area (Å²) in [5.41, 5.74) is 0. The van der Waals surface area contributed by atoms with Gasteiger partial charge in [-0.05, 0) is 44.9 Å². The summed E-state index contributed by atoms with van der Waals surface area (Å²) in [6, 6.07) is -0.796. The van der Waals surface area contributed by atoms with Crippen LogP contribution in [0.3, 0.4) is 0 Å². The first kappa shape index (κ1) is 65.8. The first-order valence-electron chi connectivity index (χ1n) is 30.7. The molecule has 0 radical (unpaired) electrons. The molecule has 0 saturated carbocycles. The molecule has 0 rings (SSSR count). The zero-order chi connectivity index (χ0) is 48.6. The third kappa shape index (κ3) is 52.5. The number of allylic oxidation sites excluding steroid dienone is 3. The Bertz CT molecular complexity index is 998. The Morgan fingerprint density at radius 2 is 0.597 bits per heavy atom. The SMILES string of the molecule is CCCCCCCCCCCCCCC/C=C/C(O)C(CO)NC(=O)C(O)CCCCCCCCCCCCCCCCCC/C=C\CCCCCCCCCCCCCCCCCCCC. The molecule has 0 aliphatic carbocycles. The zero-order valence-corrected chi connectivity index (χ0v) is 45.6. The molecule has 0 spiro atoms. The maximum atomic E-state index is 12.5. The lowest BCUT2D eigenvalue weighted by Gasteiger charge is -2.21. The number of carbonyl (C=O) groups excluding carboxylic acids is 1. The summed E-state index contributed by atoms with van der Waals surface area (Å²) >= 11 is 0. The number of hydrogen-bond donors (Lipinski definition) is 4. The highest BCUT2D eigenvalue weighted by atomic mass is 16.3. The molecule has 67 heavy (non-hydrogen) atoms. The van der Waals surface area contributed by atoms with E-state index in [4.69, 9.17) is 0 Å². The smallest absolute Gasteiger partial charge is 0.249 e. The molecule has 0 aromatic carbocycles. The first-order chi connectivity index (χ1) is 33.1. The van der Waals surface area contributed by atoms with Crippen molar-refractivity contribution in [2.45, 2.75) is 360 Å². The van der Waals surface area contributed by atoms with Gasteiger partial charge in [-0.1, -0.05) is 321 Å². The van der Waals surface area contributed by atoms with Crippen LogP contribution in [0.2, 0.25) is 0 Å². The van der Waals surface area contributed by atoms with Crippen LogP contribution in [0.15, 0.2) is 24.3 Å². The second-order valence-electron chi connectivity index (χ2n) is 21.3. The van der Waals surface area contributed by atoms with Crippen LogP contribution in [-0.4, -0.2) is 46.1 Å². The summed E-state index contributed by atoms with van der Waals surface area (Å²) in [4.78, 5) is 12.5. The fourth-order valence-corrected chi connectivity index (χ4v) is 9.77.